The number of amides is 1. The number of rotatable bonds is 8. The first-order valence-corrected chi connectivity index (χ1v) is 5.32. The summed E-state index contributed by atoms with van der Waals surface area (Å²) in [6, 6.07) is 0. The average molecular weight is 228 g/mol. The van der Waals surface area contributed by atoms with Gasteiger partial charge < -0.3 is 15.7 Å². The predicted molar refractivity (Wildman–Crippen MR) is 62.1 cm³/mol. The third-order valence-electron chi connectivity index (χ3n) is 1.88. The van der Waals surface area contributed by atoms with Gasteiger partial charge in [-0.1, -0.05) is 20.4 Å². The number of hydrogen-bond donors (Lipinski definition) is 3. The number of hydrogen-bond acceptors (Lipinski definition) is 3. The molecule has 0 saturated heterocycles. The van der Waals surface area contributed by atoms with E-state index in [9.17, 15) is 9.59 Å². The van der Waals surface area contributed by atoms with Crippen LogP contribution in [0.25, 0.3) is 0 Å². The summed E-state index contributed by atoms with van der Waals surface area (Å²) in [6.07, 6.45) is 0.347. The molecule has 0 heterocycles. The number of aliphatic carboxylic acids is 1. The van der Waals surface area contributed by atoms with Gasteiger partial charge in [-0.25, -0.2) is 4.79 Å². The quantitative estimate of drug-likeness (QED) is 0.414. The zero-order valence-corrected chi connectivity index (χ0v) is 9.88. The molecule has 0 aromatic carbocycles. The highest BCUT2D eigenvalue weighted by atomic mass is 16.4. The van der Waals surface area contributed by atoms with Crippen molar-refractivity contribution >= 4 is 11.9 Å². The summed E-state index contributed by atoms with van der Waals surface area (Å²) in [6.45, 7) is 8.74. The van der Waals surface area contributed by atoms with Crippen LogP contribution < -0.4 is 10.6 Å². The minimum absolute atomic E-state index is 0.0258. The maximum absolute atomic E-state index is 11.2. The van der Waals surface area contributed by atoms with E-state index in [-0.39, 0.29) is 18.0 Å². The Morgan fingerprint density at radius 1 is 1.38 bits per heavy atom. The SMILES string of the molecule is C=C(CNCCC(=O)NCC(C)C)C(=O)O. The monoisotopic (exact) mass is 228 g/mol. The van der Waals surface area contributed by atoms with E-state index in [0.717, 1.165) is 0 Å². The Bertz CT molecular complexity index is 262. The molecule has 0 unspecified atom stereocenters. The van der Waals surface area contributed by atoms with Crippen molar-refractivity contribution in [3.05, 3.63) is 12.2 Å². The van der Waals surface area contributed by atoms with Crippen molar-refractivity contribution in [2.24, 2.45) is 5.92 Å². The van der Waals surface area contributed by atoms with E-state index < -0.39 is 5.97 Å². The molecule has 0 saturated carbocycles. The number of nitrogens with one attached hydrogen (secondary N) is 2. The molecule has 0 aliphatic heterocycles. The van der Waals surface area contributed by atoms with Crippen molar-refractivity contribution in [2.75, 3.05) is 19.6 Å². The van der Waals surface area contributed by atoms with Gasteiger partial charge in [-0.3, -0.25) is 4.79 Å². The zero-order chi connectivity index (χ0) is 12.6. The molecule has 0 aliphatic carbocycles. The first-order chi connectivity index (χ1) is 7.43. The van der Waals surface area contributed by atoms with E-state index in [1.54, 1.807) is 0 Å². The maximum atomic E-state index is 11.2. The summed E-state index contributed by atoms with van der Waals surface area (Å²) < 4.78 is 0. The predicted octanol–water partition coefficient (Wildman–Crippen LogP) is 0.379. The summed E-state index contributed by atoms with van der Waals surface area (Å²) in [4.78, 5) is 21.6. The smallest absolute Gasteiger partial charge is 0.332 e. The van der Waals surface area contributed by atoms with Crippen molar-refractivity contribution in [3.8, 4) is 0 Å². The second kappa shape index (κ2) is 7.87. The Morgan fingerprint density at radius 3 is 2.50 bits per heavy atom. The first-order valence-electron chi connectivity index (χ1n) is 5.32. The molecule has 0 bridgehead atoms. The third kappa shape index (κ3) is 7.99. The summed E-state index contributed by atoms with van der Waals surface area (Å²) in [5, 5.41) is 14.1. The lowest BCUT2D eigenvalue weighted by Gasteiger charge is -2.08. The van der Waals surface area contributed by atoms with Crippen LogP contribution in [-0.2, 0) is 9.59 Å². The Morgan fingerprint density at radius 2 is 2.00 bits per heavy atom. The Kier molecular flexibility index (Phi) is 7.20. The highest BCUT2D eigenvalue weighted by Crippen LogP contribution is 1.89. The van der Waals surface area contributed by atoms with Gasteiger partial charge in [0, 0.05) is 31.6 Å². The van der Waals surface area contributed by atoms with Crippen LogP contribution in [0.3, 0.4) is 0 Å². The van der Waals surface area contributed by atoms with Crippen LogP contribution in [0, 0.1) is 5.92 Å². The van der Waals surface area contributed by atoms with Crippen LogP contribution in [0.2, 0.25) is 0 Å². The minimum atomic E-state index is -1.02. The zero-order valence-electron chi connectivity index (χ0n) is 9.88. The van der Waals surface area contributed by atoms with Gasteiger partial charge in [-0.15, -0.1) is 0 Å². The molecule has 0 rings (SSSR count). The van der Waals surface area contributed by atoms with Gasteiger partial charge >= 0.3 is 5.97 Å². The first kappa shape index (κ1) is 14.6. The lowest BCUT2D eigenvalue weighted by molar-refractivity contribution is -0.132. The lowest BCUT2D eigenvalue weighted by Crippen LogP contribution is -2.31. The molecule has 0 aromatic heterocycles. The summed E-state index contributed by atoms with van der Waals surface area (Å²) in [5.41, 5.74) is 0.0996. The standard InChI is InChI=1S/C11H20N2O3/c1-8(2)6-13-10(14)4-5-12-7-9(3)11(15)16/h8,12H,3-7H2,1-2H3,(H,13,14)(H,15,16). The Hall–Kier alpha value is -1.36. The van der Waals surface area contributed by atoms with Gasteiger partial charge in [-0.2, -0.15) is 0 Å². The number of carbonyl (C=O) groups excluding carboxylic acids is 1. The molecule has 0 aliphatic rings. The van der Waals surface area contributed by atoms with E-state index in [0.29, 0.717) is 25.4 Å². The van der Waals surface area contributed by atoms with Crippen molar-refractivity contribution in [3.63, 3.8) is 0 Å². The van der Waals surface area contributed by atoms with E-state index in [4.69, 9.17) is 5.11 Å². The van der Waals surface area contributed by atoms with E-state index in [1.807, 2.05) is 13.8 Å². The van der Waals surface area contributed by atoms with Gasteiger partial charge in [0.15, 0.2) is 0 Å². The molecule has 1 amide bonds. The number of carboxylic acid groups (broad SMARTS) is 1. The molecule has 5 nitrogen and oxygen atoms in total. The number of carbonyl (C=O) groups is 2. The van der Waals surface area contributed by atoms with E-state index in [1.165, 1.54) is 0 Å². The average Bonchev–Trinajstić information content (AvgIpc) is 2.20. The Balaban J connectivity index is 3.48. The molecule has 5 heteroatoms. The van der Waals surface area contributed by atoms with Gasteiger partial charge in [0.25, 0.3) is 0 Å². The third-order valence-corrected chi connectivity index (χ3v) is 1.88. The highest BCUT2D eigenvalue weighted by Gasteiger charge is 2.04. The second-order valence-corrected chi connectivity index (χ2v) is 4.03. The molecule has 3 N–H and O–H groups in total. The second-order valence-electron chi connectivity index (χ2n) is 4.03. The molecule has 0 fully saturated rings. The van der Waals surface area contributed by atoms with Crippen LogP contribution >= 0.6 is 0 Å². The van der Waals surface area contributed by atoms with Crippen LogP contribution in [0.15, 0.2) is 12.2 Å². The summed E-state index contributed by atoms with van der Waals surface area (Å²) >= 11 is 0. The van der Waals surface area contributed by atoms with Crippen molar-refractivity contribution in [1.29, 1.82) is 0 Å². The number of carboxylic acids is 1. The van der Waals surface area contributed by atoms with Gasteiger partial charge in [0.05, 0.1) is 0 Å². The Labute approximate surface area is 95.9 Å². The molecule has 0 aromatic rings. The molecule has 0 radical (unpaired) electrons. The van der Waals surface area contributed by atoms with Crippen LogP contribution in [0.5, 0.6) is 0 Å². The van der Waals surface area contributed by atoms with Gasteiger partial charge in [0.2, 0.25) is 5.91 Å². The fraction of sp³-hybridized carbons (Fsp3) is 0.636. The lowest BCUT2D eigenvalue weighted by atomic mass is 10.2. The van der Waals surface area contributed by atoms with Crippen molar-refractivity contribution in [1.82, 2.24) is 10.6 Å². The summed E-state index contributed by atoms with van der Waals surface area (Å²) in [7, 11) is 0. The fourth-order valence-corrected chi connectivity index (χ4v) is 0.923. The molecule has 0 atom stereocenters. The van der Waals surface area contributed by atoms with E-state index in [2.05, 4.69) is 17.2 Å². The molecular formula is C11H20N2O3. The highest BCUT2D eigenvalue weighted by molar-refractivity contribution is 5.86. The molecule has 16 heavy (non-hydrogen) atoms. The normalized spacial score (nSPS) is 10.2. The van der Waals surface area contributed by atoms with Gasteiger partial charge in [-0.05, 0) is 5.92 Å². The van der Waals surface area contributed by atoms with Crippen molar-refractivity contribution in [2.45, 2.75) is 20.3 Å². The van der Waals surface area contributed by atoms with Crippen LogP contribution in [0.4, 0.5) is 0 Å². The maximum Gasteiger partial charge on any atom is 0.332 e. The van der Waals surface area contributed by atoms with Crippen molar-refractivity contribution < 1.29 is 14.7 Å². The molecular weight excluding hydrogens is 208 g/mol. The molecule has 0 spiro atoms. The van der Waals surface area contributed by atoms with Crippen LogP contribution in [-0.4, -0.2) is 36.6 Å². The topological polar surface area (TPSA) is 78.4 Å². The fourth-order valence-electron chi connectivity index (χ4n) is 0.923. The van der Waals surface area contributed by atoms with Gasteiger partial charge in [0.1, 0.15) is 0 Å². The van der Waals surface area contributed by atoms with E-state index >= 15 is 0 Å². The van der Waals surface area contributed by atoms with Crippen LogP contribution in [0.1, 0.15) is 20.3 Å². The molecule has 92 valence electrons. The largest absolute Gasteiger partial charge is 0.478 e. The summed E-state index contributed by atoms with van der Waals surface area (Å²) in [5.74, 6) is -0.609. The minimum Gasteiger partial charge on any atom is -0.478 e.